The highest BCUT2D eigenvalue weighted by Gasteiger charge is 2.12. The molecule has 0 aliphatic carbocycles. The third-order valence-electron chi connectivity index (χ3n) is 3.39. The van der Waals surface area contributed by atoms with Crippen molar-refractivity contribution in [1.29, 1.82) is 0 Å². The molecule has 0 heterocycles. The number of anilines is 1. The van der Waals surface area contributed by atoms with E-state index >= 15 is 0 Å². The maximum Gasteiger partial charge on any atom is 0.0782 e. The van der Waals surface area contributed by atoms with Gasteiger partial charge in [0.15, 0.2) is 0 Å². The Morgan fingerprint density at radius 2 is 1.80 bits per heavy atom. The van der Waals surface area contributed by atoms with Crippen LogP contribution >= 0.6 is 15.9 Å². The second-order valence-electron chi connectivity index (χ2n) is 5.22. The van der Waals surface area contributed by atoms with Crippen LogP contribution in [0.1, 0.15) is 29.7 Å². The summed E-state index contributed by atoms with van der Waals surface area (Å²) in [4.78, 5) is 2.16. The molecule has 0 fully saturated rings. The van der Waals surface area contributed by atoms with Crippen LogP contribution in [0.4, 0.5) is 5.69 Å². The van der Waals surface area contributed by atoms with E-state index in [9.17, 15) is 5.11 Å². The predicted octanol–water partition coefficient (Wildman–Crippen LogP) is 4.45. The largest absolute Gasteiger partial charge is 0.389 e. The summed E-state index contributed by atoms with van der Waals surface area (Å²) >= 11 is 3.50. The van der Waals surface area contributed by atoms with Crippen LogP contribution in [0.25, 0.3) is 0 Å². The topological polar surface area (TPSA) is 23.5 Å². The number of aliphatic hydroxyl groups is 1. The highest BCUT2D eigenvalue weighted by molar-refractivity contribution is 9.10. The lowest BCUT2D eigenvalue weighted by Crippen LogP contribution is -2.18. The second-order valence-corrected chi connectivity index (χ2v) is 6.14. The molecule has 20 heavy (non-hydrogen) atoms. The van der Waals surface area contributed by atoms with Crippen molar-refractivity contribution in [2.45, 2.75) is 26.5 Å². The molecule has 1 unspecified atom stereocenters. The van der Waals surface area contributed by atoms with Crippen molar-refractivity contribution in [3.63, 3.8) is 0 Å². The average molecular weight is 334 g/mol. The average Bonchev–Trinajstić information content (AvgIpc) is 2.41. The zero-order chi connectivity index (χ0) is 14.7. The summed E-state index contributed by atoms with van der Waals surface area (Å²) in [7, 11) is 2.05. The monoisotopic (exact) mass is 333 g/mol. The molecule has 106 valence electrons. The van der Waals surface area contributed by atoms with Gasteiger partial charge in [0.05, 0.1) is 6.10 Å². The number of nitrogens with zero attached hydrogens (tertiary/aromatic N) is 1. The van der Waals surface area contributed by atoms with Crippen molar-refractivity contribution in [1.82, 2.24) is 0 Å². The molecule has 2 aromatic rings. The zero-order valence-electron chi connectivity index (χ0n) is 12.1. The molecular weight excluding hydrogens is 314 g/mol. The standard InChI is InChI=1S/C17H20BrNO/c1-12-4-6-14(7-5-12)11-19(3)17-10-15(18)8-9-16(17)13(2)20/h4-10,13,20H,11H2,1-3H3. The number of benzene rings is 2. The third kappa shape index (κ3) is 3.62. The number of rotatable bonds is 4. The molecule has 0 saturated carbocycles. The van der Waals surface area contributed by atoms with Crippen molar-refractivity contribution >= 4 is 21.6 Å². The Bertz CT molecular complexity index is 578. The zero-order valence-corrected chi connectivity index (χ0v) is 13.7. The van der Waals surface area contributed by atoms with E-state index in [1.54, 1.807) is 6.92 Å². The predicted molar refractivity (Wildman–Crippen MR) is 88.1 cm³/mol. The van der Waals surface area contributed by atoms with Gasteiger partial charge in [-0.2, -0.15) is 0 Å². The minimum atomic E-state index is -0.474. The van der Waals surface area contributed by atoms with Crippen LogP contribution in [0.15, 0.2) is 46.9 Å². The molecule has 2 rings (SSSR count). The van der Waals surface area contributed by atoms with E-state index in [-0.39, 0.29) is 0 Å². The van der Waals surface area contributed by atoms with Crippen LogP contribution in [-0.2, 0) is 6.54 Å². The van der Waals surface area contributed by atoms with Crippen molar-refractivity contribution in [2.75, 3.05) is 11.9 Å². The summed E-state index contributed by atoms with van der Waals surface area (Å²) in [6.07, 6.45) is -0.474. The SMILES string of the molecule is Cc1ccc(CN(C)c2cc(Br)ccc2C(C)O)cc1. The number of hydrogen-bond acceptors (Lipinski definition) is 2. The first-order chi connectivity index (χ1) is 9.47. The van der Waals surface area contributed by atoms with Crippen LogP contribution < -0.4 is 4.90 Å². The van der Waals surface area contributed by atoms with Gasteiger partial charge in [0, 0.05) is 29.3 Å². The highest BCUT2D eigenvalue weighted by Crippen LogP contribution is 2.29. The van der Waals surface area contributed by atoms with Gasteiger partial charge < -0.3 is 10.0 Å². The molecule has 3 heteroatoms. The van der Waals surface area contributed by atoms with Crippen LogP contribution in [0.2, 0.25) is 0 Å². The Labute approximate surface area is 129 Å². The molecule has 0 aliphatic rings. The van der Waals surface area contributed by atoms with Crippen LogP contribution in [0.5, 0.6) is 0 Å². The first-order valence-corrected chi connectivity index (χ1v) is 7.51. The lowest BCUT2D eigenvalue weighted by Gasteiger charge is -2.24. The summed E-state index contributed by atoms with van der Waals surface area (Å²) in [5.74, 6) is 0. The van der Waals surface area contributed by atoms with E-state index in [0.717, 1.165) is 22.3 Å². The summed E-state index contributed by atoms with van der Waals surface area (Å²) in [6.45, 7) is 4.70. The van der Waals surface area contributed by atoms with Gasteiger partial charge in [-0.15, -0.1) is 0 Å². The maximum atomic E-state index is 9.90. The number of aryl methyl sites for hydroxylation is 1. The Morgan fingerprint density at radius 3 is 2.40 bits per heavy atom. The fourth-order valence-corrected chi connectivity index (χ4v) is 2.60. The fourth-order valence-electron chi connectivity index (χ4n) is 2.25. The number of aliphatic hydroxyl groups excluding tert-OH is 1. The van der Waals surface area contributed by atoms with Crippen molar-refractivity contribution in [3.05, 3.63) is 63.6 Å². The molecule has 2 nitrogen and oxygen atoms in total. The Kier molecular flexibility index (Phi) is 4.84. The van der Waals surface area contributed by atoms with Gasteiger partial charge in [-0.25, -0.2) is 0 Å². The first kappa shape index (κ1) is 15.1. The lowest BCUT2D eigenvalue weighted by atomic mass is 10.1. The van der Waals surface area contributed by atoms with Gasteiger partial charge >= 0.3 is 0 Å². The van der Waals surface area contributed by atoms with Gasteiger partial charge in [0.1, 0.15) is 0 Å². The molecule has 1 atom stereocenters. The van der Waals surface area contributed by atoms with Gasteiger partial charge in [-0.3, -0.25) is 0 Å². The Balaban J connectivity index is 2.26. The quantitative estimate of drug-likeness (QED) is 0.893. The number of hydrogen-bond donors (Lipinski definition) is 1. The summed E-state index contributed by atoms with van der Waals surface area (Å²) in [6, 6.07) is 14.5. The minimum Gasteiger partial charge on any atom is -0.389 e. The fraction of sp³-hybridized carbons (Fsp3) is 0.294. The molecule has 0 radical (unpaired) electrons. The summed E-state index contributed by atoms with van der Waals surface area (Å²) in [5.41, 5.74) is 4.52. The van der Waals surface area contributed by atoms with E-state index < -0.39 is 6.10 Å². The smallest absolute Gasteiger partial charge is 0.0782 e. The van der Waals surface area contributed by atoms with Gasteiger partial charge in [-0.05, 0) is 31.5 Å². The second kappa shape index (κ2) is 6.42. The van der Waals surface area contributed by atoms with E-state index in [0.29, 0.717) is 0 Å². The lowest BCUT2D eigenvalue weighted by molar-refractivity contribution is 0.199. The molecular formula is C17H20BrNO. The third-order valence-corrected chi connectivity index (χ3v) is 3.89. The van der Waals surface area contributed by atoms with Crippen LogP contribution in [0, 0.1) is 6.92 Å². The van der Waals surface area contributed by atoms with E-state index in [2.05, 4.69) is 58.1 Å². The van der Waals surface area contributed by atoms with Crippen molar-refractivity contribution < 1.29 is 5.11 Å². The molecule has 0 spiro atoms. The van der Waals surface area contributed by atoms with Crippen LogP contribution in [-0.4, -0.2) is 12.2 Å². The maximum absolute atomic E-state index is 9.90. The van der Waals surface area contributed by atoms with Gasteiger partial charge in [0.25, 0.3) is 0 Å². The Morgan fingerprint density at radius 1 is 1.15 bits per heavy atom. The minimum absolute atomic E-state index is 0.474. The number of halogens is 1. The van der Waals surface area contributed by atoms with Crippen LogP contribution in [0.3, 0.4) is 0 Å². The molecule has 0 bridgehead atoms. The van der Waals surface area contributed by atoms with E-state index in [4.69, 9.17) is 0 Å². The van der Waals surface area contributed by atoms with Gasteiger partial charge in [-0.1, -0.05) is 51.8 Å². The molecule has 0 aromatic heterocycles. The summed E-state index contributed by atoms with van der Waals surface area (Å²) in [5, 5.41) is 9.90. The normalized spacial score (nSPS) is 12.2. The van der Waals surface area contributed by atoms with Crippen molar-refractivity contribution in [2.24, 2.45) is 0 Å². The Hall–Kier alpha value is -1.32. The first-order valence-electron chi connectivity index (χ1n) is 6.71. The molecule has 0 aliphatic heterocycles. The van der Waals surface area contributed by atoms with E-state index in [1.165, 1.54) is 11.1 Å². The molecule has 0 amide bonds. The molecule has 0 saturated heterocycles. The summed E-state index contributed by atoms with van der Waals surface area (Å²) < 4.78 is 1.02. The molecule has 1 N–H and O–H groups in total. The van der Waals surface area contributed by atoms with Crippen molar-refractivity contribution in [3.8, 4) is 0 Å². The molecule has 2 aromatic carbocycles. The highest BCUT2D eigenvalue weighted by atomic mass is 79.9. The van der Waals surface area contributed by atoms with Gasteiger partial charge in [0.2, 0.25) is 0 Å². The van der Waals surface area contributed by atoms with E-state index in [1.807, 2.05) is 19.2 Å².